The van der Waals surface area contributed by atoms with E-state index >= 15 is 0 Å². The van der Waals surface area contributed by atoms with Gasteiger partial charge in [0.2, 0.25) is 0 Å². The van der Waals surface area contributed by atoms with Crippen LogP contribution in [0.2, 0.25) is 0 Å². The molecule has 7 nitrogen and oxygen atoms in total. The number of fused-ring (bicyclic) bond motifs is 1. The molecule has 102 valence electrons. The van der Waals surface area contributed by atoms with Gasteiger partial charge in [0.25, 0.3) is 5.56 Å². The van der Waals surface area contributed by atoms with Crippen LogP contribution in [0.3, 0.4) is 0 Å². The standard InChI is InChI=1S/C13H14N6O/c1-18-12-11(8-15-18)13(20)19(17-16-12)7-6-9-2-4-10(14)5-3-9/h2-5,8H,6-7,14H2,1H3. The lowest BCUT2D eigenvalue weighted by atomic mass is 10.1. The maximum atomic E-state index is 12.2. The average molecular weight is 270 g/mol. The van der Waals surface area contributed by atoms with E-state index in [1.165, 1.54) is 15.6 Å². The first kappa shape index (κ1) is 12.3. The van der Waals surface area contributed by atoms with Crippen LogP contribution in [0.5, 0.6) is 0 Å². The van der Waals surface area contributed by atoms with Gasteiger partial charge < -0.3 is 5.73 Å². The Kier molecular flexibility index (Phi) is 2.94. The number of rotatable bonds is 3. The highest BCUT2D eigenvalue weighted by atomic mass is 16.1. The summed E-state index contributed by atoms with van der Waals surface area (Å²) in [7, 11) is 1.73. The molecule has 0 aliphatic rings. The molecule has 3 rings (SSSR count). The number of nitrogens with zero attached hydrogens (tertiary/aromatic N) is 5. The number of nitrogen functional groups attached to an aromatic ring is 1. The largest absolute Gasteiger partial charge is 0.399 e. The molecule has 0 atom stereocenters. The van der Waals surface area contributed by atoms with E-state index in [9.17, 15) is 4.79 Å². The van der Waals surface area contributed by atoms with E-state index in [4.69, 9.17) is 5.73 Å². The van der Waals surface area contributed by atoms with Gasteiger partial charge in [0.15, 0.2) is 5.65 Å². The van der Waals surface area contributed by atoms with E-state index in [0.29, 0.717) is 24.0 Å². The van der Waals surface area contributed by atoms with Crippen molar-refractivity contribution in [1.29, 1.82) is 0 Å². The fourth-order valence-electron chi connectivity index (χ4n) is 2.04. The van der Waals surface area contributed by atoms with E-state index in [0.717, 1.165) is 11.3 Å². The highest BCUT2D eigenvalue weighted by Gasteiger charge is 2.09. The Hall–Kier alpha value is -2.70. The molecule has 0 saturated carbocycles. The van der Waals surface area contributed by atoms with Crippen molar-refractivity contribution < 1.29 is 0 Å². The van der Waals surface area contributed by atoms with Crippen molar-refractivity contribution >= 4 is 16.7 Å². The first-order chi connectivity index (χ1) is 9.65. The van der Waals surface area contributed by atoms with Crippen molar-refractivity contribution in [3.05, 3.63) is 46.4 Å². The summed E-state index contributed by atoms with van der Waals surface area (Å²) in [5.74, 6) is 0. The molecule has 2 N–H and O–H groups in total. The fourth-order valence-corrected chi connectivity index (χ4v) is 2.04. The smallest absolute Gasteiger partial charge is 0.280 e. The minimum Gasteiger partial charge on any atom is -0.399 e. The van der Waals surface area contributed by atoms with Crippen LogP contribution in [-0.4, -0.2) is 24.8 Å². The van der Waals surface area contributed by atoms with E-state index in [2.05, 4.69) is 15.4 Å². The van der Waals surface area contributed by atoms with Gasteiger partial charge in [-0.25, -0.2) is 9.36 Å². The van der Waals surface area contributed by atoms with Crippen LogP contribution in [0.25, 0.3) is 11.0 Å². The van der Waals surface area contributed by atoms with Crippen LogP contribution in [0.15, 0.2) is 35.3 Å². The second-order valence-corrected chi connectivity index (χ2v) is 4.61. The number of anilines is 1. The first-order valence-electron chi connectivity index (χ1n) is 6.25. The Labute approximate surface area is 114 Å². The second-order valence-electron chi connectivity index (χ2n) is 4.61. The van der Waals surface area contributed by atoms with Gasteiger partial charge in [-0.2, -0.15) is 5.10 Å². The molecule has 0 aliphatic heterocycles. The Balaban J connectivity index is 1.86. The van der Waals surface area contributed by atoms with Crippen LogP contribution < -0.4 is 11.3 Å². The Morgan fingerprint density at radius 1 is 1.25 bits per heavy atom. The molecule has 0 spiro atoms. The third-order valence-corrected chi connectivity index (χ3v) is 3.21. The molecule has 0 unspecified atom stereocenters. The van der Waals surface area contributed by atoms with Crippen LogP contribution >= 0.6 is 0 Å². The Morgan fingerprint density at radius 3 is 2.75 bits per heavy atom. The van der Waals surface area contributed by atoms with Gasteiger partial charge in [-0.3, -0.25) is 4.79 Å². The van der Waals surface area contributed by atoms with E-state index < -0.39 is 0 Å². The molecule has 0 amide bonds. The SMILES string of the molecule is Cn1ncc2c(=O)n(CCc3ccc(N)cc3)nnc21. The van der Waals surface area contributed by atoms with Gasteiger partial charge >= 0.3 is 0 Å². The predicted molar refractivity (Wildman–Crippen MR) is 75.1 cm³/mol. The zero-order chi connectivity index (χ0) is 14.1. The van der Waals surface area contributed by atoms with Crippen molar-refractivity contribution in [3.8, 4) is 0 Å². The van der Waals surface area contributed by atoms with Crippen molar-refractivity contribution in [2.24, 2.45) is 7.05 Å². The number of aromatic nitrogens is 5. The van der Waals surface area contributed by atoms with Gasteiger partial charge in [0, 0.05) is 12.7 Å². The molecule has 7 heteroatoms. The number of nitrogens with two attached hydrogens (primary N) is 1. The Morgan fingerprint density at radius 2 is 2.00 bits per heavy atom. The molecule has 20 heavy (non-hydrogen) atoms. The number of hydrogen-bond acceptors (Lipinski definition) is 5. The highest BCUT2D eigenvalue weighted by Crippen LogP contribution is 2.07. The number of benzene rings is 1. The van der Waals surface area contributed by atoms with Gasteiger partial charge in [0.1, 0.15) is 5.39 Å². The first-order valence-corrected chi connectivity index (χ1v) is 6.25. The number of aryl methyl sites for hydroxylation is 3. The number of hydrogen-bond donors (Lipinski definition) is 1. The van der Waals surface area contributed by atoms with E-state index in [-0.39, 0.29) is 5.56 Å². The minimum absolute atomic E-state index is 0.168. The van der Waals surface area contributed by atoms with Crippen LogP contribution in [0.4, 0.5) is 5.69 Å². The highest BCUT2D eigenvalue weighted by molar-refractivity contribution is 5.72. The lowest BCUT2D eigenvalue weighted by Crippen LogP contribution is -2.25. The summed E-state index contributed by atoms with van der Waals surface area (Å²) in [6.45, 7) is 0.473. The molecule has 0 radical (unpaired) electrons. The summed E-state index contributed by atoms with van der Waals surface area (Å²) in [5.41, 5.74) is 7.79. The lowest BCUT2D eigenvalue weighted by molar-refractivity contribution is 0.546. The monoisotopic (exact) mass is 270 g/mol. The third-order valence-electron chi connectivity index (χ3n) is 3.21. The predicted octanol–water partition coefficient (Wildman–Crippen LogP) is 0.350. The maximum absolute atomic E-state index is 12.2. The fraction of sp³-hybridized carbons (Fsp3) is 0.231. The molecule has 1 aromatic carbocycles. The maximum Gasteiger partial charge on any atom is 0.280 e. The Bertz CT molecular complexity index is 802. The molecule has 2 heterocycles. The molecular weight excluding hydrogens is 256 g/mol. The van der Waals surface area contributed by atoms with E-state index in [1.54, 1.807) is 7.05 Å². The molecule has 2 aromatic heterocycles. The minimum atomic E-state index is -0.168. The summed E-state index contributed by atoms with van der Waals surface area (Å²) in [6, 6.07) is 7.56. The van der Waals surface area contributed by atoms with Gasteiger partial charge in [-0.15, -0.1) is 5.10 Å². The van der Waals surface area contributed by atoms with Crippen LogP contribution in [0, 0.1) is 0 Å². The lowest BCUT2D eigenvalue weighted by Gasteiger charge is -2.04. The topological polar surface area (TPSA) is 91.6 Å². The summed E-state index contributed by atoms with van der Waals surface area (Å²) in [5, 5.41) is 12.5. The second kappa shape index (κ2) is 4.76. The zero-order valence-corrected chi connectivity index (χ0v) is 11.0. The van der Waals surface area contributed by atoms with E-state index in [1.807, 2.05) is 24.3 Å². The molecule has 0 saturated heterocycles. The third kappa shape index (κ3) is 2.13. The molecule has 3 aromatic rings. The van der Waals surface area contributed by atoms with Gasteiger partial charge in [-0.05, 0) is 24.1 Å². The molecule has 0 fully saturated rings. The van der Waals surface area contributed by atoms with Crippen molar-refractivity contribution in [3.63, 3.8) is 0 Å². The quantitative estimate of drug-likeness (QED) is 0.693. The molecule has 0 aliphatic carbocycles. The van der Waals surface area contributed by atoms with Crippen molar-refractivity contribution in [2.45, 2.75) is 13.0 Å². The van der Waals surface area contributed by atoms with Crippen molar-refractivity contribution in [2.75, 3.05) is 5.73 Å². The zero-order valence-electron chi connectivity index (χ0n) is 11.0. The normalized spacial score (nSPS) is 11.1. The summed E-state index contributed by atoms with van der Waals surface area (Å²) < 4.78 is 2.90. The van der Waals surface area contributed by atoms with Gasteiger partial charge in [-0.1, -0.05) is 17.3 Å². The summed E-state index contributed by atoms with van der Waals surface area (Å²) in [6.07, 6.45) is 2.21. The molecule has 0 bridgehead atoms. The summed E-state index contributed by atoms with van der Waals surface area (Å²) in [4.78, 5) is 12.2. The van der Waals surface area contributed by atoms with Crippen LogP contribution in [0.1, 0.15) is 5.56 Å². The molecular formula is C13H14N6O. The van der Waals surface area contributed by atoms with Gasteiger partial charge in [0.05, 0.1) is 12.7 Å². The average Bonchev–Trinajstić information content (AvgIpc) is 2.82. The van der Waals surface area contributed by atoms with Crippen molar-refractivity contribution in [1.82, 2.24) is 24.8 Å². The summed E-state index contributed by atoms with van der Waals surface area (Å²) >= 11 is 0. The van der Waals surface area contributed by atoms with Crippen LogP contribution in [-0.2, 0) is 20.0 Å².